The first-order valence-electron chi connectivity index (χ1n) is 11.0. The molecule has 2 amide bonds. The lowest BCUT2D eigenvalue weighted by Crippen LogP contribution is -2.39. The van der Waals surface area contributed by atoms with Gasteiger partial charge in [-0.15, -0.1) is 0 Å². The number of carbonyl (C=O) groups is 1. The zero-order chi connectivity index (χ0) is 22.9. The summed E-state index contributed by atoms with van der Waals surface area (Å²) in [7, 11) is -3.63. The number of fused-ring (bicyclic) bond motifs is 1. The number of urea groups is 1. The summed E-state index contributed by atoms with van der Waals surface area (Å²) in [5.74, 6) is 0. The summed E-state index contributed by atoms with van der Waals surface area (Å²) in [6, 6.07) is 12.9. The number of anilines is 1. The lowest BCUT2D eigenvalue weighted by Gasteiger charge is -2.23. The van der Waals surface area contributed by atoms with Gasteiger partial charge in [-0.05, 0) is 68.7 Å². The average molecular weight is 455 g/mol. The maximum absolute atomic E-state index is 13.3. The van der Waals surface area contributed by atoms with Gasteiger partial charge in [-0.3, -0.25) is 0 Å². The molecule has 0 bridgehead atoms. The number of rotatable bonds is 4. The summed E-state index contributed by atoms with van der Waals surface area (Å²) in [6.07, 6.45) is 2.56. The highest BCUT2D eigenvalue weighted by molar-refractivity contribution is 7.89. The third kappa shape index (κ3) is 4.25. The molecule has 8 heteroatoms. The minimum atomic E-state index is -3.63. The summed E-state index contributed by atoms with van der Waals surface area (Å²) in [4.78, 5) is 14.8. The van der Waals surface area contributed by atoms with Crippen molar-refractivity contribution in [2.75, 3.05) is 31.5 Å². The van der Waals surface area contributed by atoms with E-state index in [4.69, 9.17) is 0 Å². The molecular weight excluding hydrogens is 424 g/mol. The third-order valence-electron chi connectivity index (χ3n) is 6.31. The van der Waals surface area contributed by atoms with E-state index in [2.05, 4.69) is 16.8 Å². The normalized spacial score (nSPS) is 15.7. The molecule has 170 valence electrons. The molecule has 0 saturated carbocycles. The molecule has 4 rings (SSSR count). The van der Waals surface area contributed by atoms with E-state index in [9.17, 15) is 13.2 Å². The van der Waals surface area contributed by atoms with Crippen LogP contribution >= 0.6 is 0 Å². The van der Waals surface area contributed by atoms with E-state index in [0.717, 1.165) is 34.3 Å². The Balaban J connectivity index is 1.47. The smallest absolute Gasteiger partial charge is 0.321 e. The van der Waals surface area contributed by atoms with Crippen LogP contribution in [0.2, 0.25) is 0 Å². The molecular formula is C24H30N4O3S. The second kappa shape index (κ2) is 8.96. The van der Waals surface area contributed by atoms with E-state index in [-0.39, 0.29) is 12.6 Å². The van der Waals surface area contributed by atoms with Crippen molar-refractivity contribution in [2.45, 2.75) is 38.6 Å². The van der Waals surface area contributed by atoms with Crippen LogP contribution in [0.1, 0.15) is 24.5 Å². The zero-order valence-corrected chi connectivity index (χ0v) is 19.7. The lowest BCUT2D eigenvalue weighted by molar-refractivity contribution is 0.214. The second-order valence-electron chi connectivity index (χ2n) is 8.24. The Morgan fingerprint density at radius 2 is 1.84 bits per heavy atom. The molecule has 32 heavy (non-hydrogen) atoms. The summed E-state index contributed by atoms with van der Waals surface area (Å²) in [6.45, 7) is 8.41. The molecule has 0 spiro atoms. The first-order valence-corrected chi connectivity index (χ1v) is 12.5. The van der Waals surface area contributed by atoms with Crippen LogP contribution in [-0.4, -0.2) is 54.4 Å². The van der Waals surface area contributed by atoms with Gasteiger partial charge in [0, 0.05) is 55.5 Å². The Kier molecular flexibility index (Phi) is 6.26. The van der Waals surface area contributed by atoms with Gasteiger partial charge < -0.3 is 14.8 Å². The molecule has 0 radical (unpaired) electrons. The van der Waals surface area contributed by atoms with Crippen molar-refractivity contribution >= 4 is 32.6 Å². The van der Waals surface area contributed by atoms with Crippen LogP contribution in [0, 0.1) is 13.8 Å². The van der Waals surface area contributed by atoms with Crippen molar-refractivity contribution in [3.8, 4) is 0 Å². The molecule has 0 aliphatic carbocycles. The van der Waals surface area contributed by atoms with Crippen LogP contribution in [0.4, 0.5) is 10.5 Å². The fourth-order valence-electron chi connectivity index (χ4n) is 4.18. The summed E-state index contributed by atoms with van der Waals surface area (Å²) in [5, 5.41) is 3.89. The van der Waals surface area contributed by atoms with E-state index < -0.39 is 10.0 Å². The number of benzene rings is 2. The molecule has 1 aliphatic rings. The van der Waals surface area contributed by atoms with E-state index in [1.807, 2.05) is 50.4 Å². The Morgan fingerprint density at radius 3 is 2.62 bits per heavy atom. The van der Waals surface area contributed by atoms with Crippen LogP contribution in [0.5, 0.6) is 0 Å². The number of hydrogen-bond acceptors (Lipinski definition) is 3. The Hall–Kier alpha value is -2.84. The summed E-state index contributed by atoms with van der Waals surface area (Å²) < 4.78 is 30.2. The number of amides is 2. The fraction of sp³-hybridized carbons (Fsp3) is 0.375. The van der Waals surface area contributed by atoms with Crippen LogP contribution in [0.25, 0.3) is 10.9 Å². The van der Waals surface area contributed by atoms with Gasteiger partial charge in [-0.25, -0.2) is 13.2 Å². The molecule has 0 atom stereocenters. The first-order chi connectivity index (χ1) is 15.3. The predicted molar refractivity (Wildman–Crippen MR) is 127 cm³/mol. The quantitative estimate of drug-likeness (QED) is 0.642. The van der Waals surface area contributed by atoms with Crippen LogP contribution < -0.4 is 5.32 Å². The third-order valence-corrected chi connectivity index (χ3v) is 8.20. The largest absolute Gasteiger partial charge is 0.348 e. The van der Waals surface area contributed by atoms with Gasteiger partial charge in [0.25, 0.3) is 0 Å². The highest BCUT2D eigenvalue weighted by Crippen LogP contribution is 2.24. The van der Waals surface area contributed by atoms with E-state index in [1.165, 1.54) is 4.31 Å². The van der Waals surface area contributed by atoms with Gasteiger partial charge in [0.15, 0.2) is 0 Å². The minimum Gasteiger partial charge on any atom is -0.348 e. The Morgan fingerprint density at radius 1 is 1.03 bits per heavy atom. The molecule has 2 heterocycles. The van der Waals surface area contributed by atoms with E-state index in [1.54, 1.807) is 17.0 Å². The standard InChI is InChI=1S/C24H30N4O3S/c1-4-26-14-11-20-17-21(9-10-23(20)26)32(30,31)28-13-6-12-27(15-16-28)24(29)25-22-8-5-7-18(2)19(22)3/h5,7-11,14,17H,4,6,12-13,15-16H2,1-3H3,(H,25,29). The molecule has 1 fully saturated rings. The number of hydrogen-bond donors (Lipinski definition) is 1. The monoisotopic (exact) mass is 454 g/mol. The number of nitrogens with one attached hydrogen (secondary N) is 1. The minimum absolute atomic E-state index is 0.194. The number of aryl methyl sites for hydroxylation is 2. The van der Waals surface area contributed by atoms with Gasteiger partial charge in [-0.1, -0.05) is 12.1 Å². The van der Waals surface area contributed by atoms with Gasteiger partial charge in [-0.2, -0.15) is 4.31 Å². The number of nitrogens with zero attached hydrogens (tertiary/aromatic N) is 3. The molecule has 7 nitrogen and oxygen atoms in total. The molecule has 1 saturated heterocycles. The van der Waals surface area contributed by atoms with Crippen molar-refractivity contribution in [3.63, 3.8) is 0 Å². The highest BCUT2D eigenvalue weighted by Gasteiger charge is 2.28. The fourth-order valence-corrected chi connectivity index (χ4v) is 5.69. The van der Waals surface area contributed by atoms with E-state index >= 15 is 0 Å². The maximum Gasteiger partial charge on any atom is 0.321 e. The first kappa shape index (κ1) is 22.4. The topological polar surface area (TPSA) is 74.7 Å². The average Bonchev–Trinajstić information content (AvgIpc) is 3.02. The molecule has 1 aliphatic heterocycles. The van der Waals surface area contributed by atoms with E-state index in [0.29, 0.717) is 31.0 Å². The van der Waals surface area contributed by atoms with Gasteiger partial charge in [0.05, 0.1) is 4.90 Å². The van der Waals surface area contributed by atoms with Gasteiger partial charge in [0.1, 0.15) is 0 Å². The highest BCUT2D eigenvalue weighted by atomic mass is 32.2. The second-order valence-corrected chi connectivity index (χ2v) is 10.2. The van der Waals surface area contributed by atoms with Crippen molar-refractivity contribution in [1.82, 2.24) is 13.8 Å². The van der Waals surface area contributed by atoms with Crippen LogP contribution in [0.3, 0.4) is 0 Å². The maximum atomic E-state index is 13.3. The van der Waals surface area contributed by atoms with Gasteiger partial charge in [0.2, 0.25) is 10.0 Å². The zero-order valence-electron chi connectivity index (χ0n) is 18.8. The van der Waals surface area contributed by atoms with Crippen LogP contribution in [0.15, 0.2) is 53.6 Å². The SMILES string of the molecule is CCn1ccc2cc(S(=O)(=O)N3CCCN(C(=O)Nc4cccc(C)c4C)CC3)ccc21. The predicted octanol–water partition coefficient (Wildman–Crippen LogP) is 4.21. The van der Waals surface area contributed by atoms with Crippen molar-refractivity contribution in [1.29, 1.82) is 0 Å². The van der Waals surface area contributed by atoms with Crippen molar-refractivity contribution < 1.29 is 13.2 Å². The number of carbonyl (C=O) groups excluding carboxylic acids is 1. The number of sulfonamides is 1. The molecule has 2 aromatic carbocycles. The van der Waals surface area contributed by atoms with Gasteiger partial charge >= 0.3 is 6.03 Å². The molecule has 1 N–H and O–H groups in total. The van der Waals surface area contributed by atoms with Crippen molar-refractivity contribution in [2.24, 2.45) is 0 Å². The number of aromatic nitrogens is 1. The Labute approximate surface area is 189 Å². The molecule has 0 unspecified atom stereocenters. The Bertz CT molecular complexity index is 1250. The van der Waals surface area contributed by atoms with Crippen LogP contribution in [-0.2, 0) is 16.6 Å². The lowest BCUT2D eigenvalue weighted by atomic mass is 10.1. The summed E-state index contributed by atoms with van der Waals surface area (Å²) >= 11 is 0. The summed E-state index contributed by atoms with van der Waals surface area (Å²) in [5.41, 5.74) is 3.96. The molecule has 1 aromatic heterocycles. The molecule has 3 aromatic rings. The van der Waals surface area contributed by atoms with Crippen molar-refractivity contribution in [3.05, 3.63) is 59.8 Å².